The molecule has 0 heterocycles. The van der Waals surface area contributed by atoms with Crippen molar-refractivity contribution in [2.24, 2.45) is 5.92 Å². The molecule has 0 spiro atoms. The fourth-order valence-corrected chi connectivity index (χ4v) is 2.03. The van der Waals surface area contributed by atoms with Gasteiger partial charge in [-0.1, -0.05) is 38.3 Å². The van der Waals surface area contributed by atoms with Gasteiger partial charge in [0.1, 0.15) is 5.75 Å². The molecule has 0 unspecified atom stereocenters. The minimum absolute atomic E-state index is 0.0443. The van der Waals surface area contributed by atoms with Crippen molar-refractivity contribution >= 4 is 17.5 Å². The quantitative estimate of drug-likeness (QED) is 0.831. The van der Waals surface area contributed by atoms with Gasteiger partial charge in [-0.15, -0.1) is 0 Å². The van der Waals surface area contributed by atoms with E-state index in [1.54, 1.807) is 12.1 Å². The van der Waals surface area contributed by atoms with E-state index in [9.17, 15) is 4.79 Å². The number of benzene rings is 1. The third-order valence-corrected chi connectivity index (χ3v) is 3.47. The Labute approximate surface area is 120 Å². The van der Waals surface area contributed by atoms with Crippen LogP contribution < -0.4 is 10.1 Å². The van der Waals surface area contributed by atoms with Crippen molar-refractivity contribution in [3.05, 3.63) is 28.8 Å². The Morgan fingerprint density at radius 3 is 2.63 bits per heavy atom. The number of amides is 1. The summed E-state index contributed by atoms with van der Waals surface area (Å²) in [5, 5.41) is 3.57. The van der Waals surface area contributed by atoms with E-state index in [1.165, 1.54) is 0 Å². The van der Waals surface area contributed by atoms with Crippen LogP contribution in [0.1, 0.15) is 32.3 Å². The number of carbonyl (C=O) groups excluding carboxylic acids is 1. The van der Waals surface area contributed by atoms with Gasteiger partial charge in [-0.05, 0) is 36.6 Å². The molecule has 0 fully saturated rings. The van der Waals surface area contributed by atoms with E-state index in [0.717, 1.165) is 24.9 Å². The zero-order valence-electron chi connectivity index (χ0n) is 11.8. The van der Waals surface area contributed by atoms with Crippen molar-refractivity contribution < 1.29 is 9.53 Å². The first-order valence-electron chi connectivity index (χ1n) is 6.72. The lowest BCUT2D eigenvalue weighted by atomic mass is 10.0. The smallest absolute Gasteiger partial charge is 0.257 e. The van der Waals surface area contributed by atoms with Crippen LogP contribution in [-0.4, -0.2) is 19.1 Å². The maximum atomic E-state index is 11.7. The fourth-order valence-electron chi connectivity index (χ4n) is 1.80. The Morgan fingerprint density at radius 1 is 1.37 bits per heavy atom. The van der Waals surface area contributed by atoms with Crippen LogP contribution in [0.5, 0.6) is 5.75 Å². The highest BCUT2D eigenvalue weighted by molar-refractivity contribution is 6.30. The maximum absolute atomic E-state index is 11.7. The summed E-state index contributed by atoms with van der Waals surface area (Å²) in [6.45, 7) is 6.93. The summed E-state index contributed by atoms with van der Waals surface area (Å²) in [5.41, 5.74) is 0.931. The van der Waals surface area contributed by atoms with Gasteiger partial charge in [-0.3, -0.25) is 4.79 Å². The van der Waals surface area contributed by atoms with E-state index >= 15 is 0 Å². The minimum atomic E-state index is -0.0822. The molecule has 1 N–H and O–H groups in total. The fraction of sp³-hybridized carbons (Fsp3) is 0.533. The summed E-state index contributed by atoms with van der Waals surface area (Å²) >= 11 is 5.86. The number of halogens is 1. The summed E-state index contributed by atoms with van der Waals surface area (Å²) < 4.78 is 5.48. The summed E-state index contributed by atoms with van der Waals surface area (Å²) in [6.07, 6.45) is 2.15. The molecule has 0 saturated heterocycles. The monoisotopic (exact) mass is 283 g/mol. The summed E-state index contributed by atoms with van der Waals surface area (Å²) in [7, 11) is 0. The Bertz CT molecular complexity index is 417. The van der Waals surface area contributed by atoms with Crippen LogP contribution in [0.25, 0.3) is 0 Å². The first kappa shape index (κ1) is 15.8. The van der Waals surface area contributed by atoms with E-state index in [0.29, 0.717) is 16.7 Å². The van der Waals surface area contributed by atoms with Crippen molar-refractivity contribution in [3.8, 4) is 5.75 Å². The SMILES string of the molecule is CCC(CC)CNC(=O)COc1ccc(Cl)cc1C. The number of carbonyl (C=O) groups is 1. The van der Waals surface area contributed by atoms with E-state index in [-0.39, 0.29) is 12.5 Å². The van der Waals surface area contributed by atoms with Crippen molar-refractivity contribution in [3.63, 3.8) is 0 Å². The molecule has 1 rings (SSSR count). The van der Waals surface area contributed by atoms with E-state index < -0.39 is 0 Å². The van der Waals surface area contributed by atoms with Crippen molar-refractivity contribution in [2.45, 2.75) is 33.6 Å². The molecule has 1 aromatic rings. The van der Waals surface area contributed by atoms with Gasteiger partial charge in [-0.2, -0.15) is 0 Å². The highest BCUT2D eigenvalue weighted by atomic mass is 35.5. The largest absolute Gasteiger partial charge is 0.484 e. The maximum Gasteiger partial charge on any atom is 0.257 e. The lowest BCUT2D eigenvalue weighted by Gasteiger charge is -2.14. The Morgan fingerprint density at radius 2 is 2.05 bits per heavy atom. The number of ether oxygens (including phenoxy) is 1. The Balaban J connectivity index is 2.37. The predicted molar refractivity (Wildman–Crippen MR) is 78.8 cm³/mol. The topological polar surface area (TPSA) is 38.3 Å². The van der Waals surface area contributed by atoms with Crippen LogP contribution in [0.15, 0.2) is 18.2 Å². The normalized spacial score (nSPS) is 10.6. The Hall–Kier alpha value is -1.22. The van der Waals surface area contributed by atoms with Gasteiger partial charge in [0.05, 0.1) is 0 Å². The highest BCUT2D eigenvalue weighted by Crippen LogP contribution is 2.21. The first-order valence-corrected chi connectivity index (χ1v) is 7.10. The lowest BCUT2D eigenvalue weighted by Crippen LogP contribution is -2.32. The van der Waals surface area contributed by atoms with Crippen molar-refractivity contribution in [1.29, 1.82) is 0 Å². The molecule has 3 nitrogen and oxygen atoms in total. The molecule has 4 heteroatoms. The summed E-state index contributed by atoms with van der Waals surface area (Å²) in [6, 6.07) is 5.36. The number of hydrogen-bond acceptors (Lipinski definition) is 2. The minimum Gasteiger partial charge on any atom is -0.484 e. The second-order valence-corrected chi connectivity index (χ2v) is 5.12. The third kappa shape index (κ3) is 5.52. The molecular formula is C15H22ClNO2. The van der Waals surface area contributed by atoms with E-state index in [1.807, 2.05) is 13.0 Å². The van der Waals surface area contributed by atoms with Gasteiger partial charge in [0.15, 0.2) is 6.61 Å². The molecule has 1 amide bonds. The van der Waals surface area contributed by atoms with Crippen LogP contribution in [-0.2, 0) is 4.79 Å². The second kappa shape index (κ2) is 8.05. The molecule has 0 aliphatic rings. The molecule has 0 radical (unpaired) electrons. The van der Waals surface area contributed by atoms with Crippen molar-refractivity contribution in [1.82, 2.24) is 5.32 Å². The van der Waals surface area contributed by atoms with Gasteiger partial charge in [-0.25, -0.2) is 0 Å². The molecule has 19 heavy (non-hydrogen) atoms. The van der Waals surface area contributed by atoms with Crippen LogP contribution in [0.3, 0.4) is 0 Å². The average Bonchev–Trinajstić information content (AvgIpc) is 2.39. The molecule has 0 aliphatic carbocycles. The molecule has 0 saturated carbocycles. The van der Waals surface area contributed by atoms with E-state index in [2.05, 4.69) is 19.2 Å². The highest BCUT2D eigenvalue weighted by Gasteiger charge is 2.08. The molecular weight excluding hydrogens is 262 g/mol. The van der Waals surface area contributed by atoms with Crippen LogP contribution in [0.4, 0.5) is 0 Å². The van der Waals surface area contributed by atoms with Crippen molar-refractivity contribution in [2.75, 3.05) is 13.2 Å². The molecule has 0 atom stereocenters. The van der Waals surface area contributed by atoms with Gasteiger partial charge in [0.25, 0.3) is 5.91 Å². The number of aryl methyl sites for hydroxylation is 1. The molecule has 0 aromatic heterocycles. The lowest BCUT2D eigenvalue weighted by molar-refractivity contribution is -0.123. The molecule has 0 bridgehead atoms. The number of hydrogen-bond donors (Lipinski definition) is 1. The first-order chi connectivity index (χ1) is 9.06. The van der Waals surface area contributed by atoms with Gasteiger partial charge in [0, 0.05) is 11.6 Å². The zero-order chi connectivity index (χ0) is 14.3. The van der Waals surface area contributed by atoms with Gasteiger partial charge in [0.2, 0.25) is 0 Å². The van der Waals surface area contributed by atoms with E-state index in [4.69, 9.17) is 16.3 Å². The number of nitrogens with one attached hydrogen (secondary N) is 1. The second-order valence-electron chi connectivity index (χ2n) is 4.69. The van der Waals surface area contributed by atoms with Crippen LogP contribution >= 0.6 is 11.6 Å². The zero-order valence-corrected chi connectivity index (χ0v) is 12.6. The molecule has 106 valence electrons. The molecule has 1 aromatic carbocycles. The van der Waals surface area contributed by atoms with Crippen LogP contribution in [0.2, 0.25) is 5.02 Å². The number of rotatable bonds is 7. The van der Waals surface area contributed by atoms with Crippen LogP contribution in [0, 0.1) is 12.8 Å². The van der Waals surface area contributed by atoms with Gasteiger partial charge >= 0.3 is 0 Å². The third-order valence-electron chi connectivity index (χ3n) is 3.24. The summed E-state index contributed by atoms with van der Waals surface area (Å²) in [5.74, 6) is 1.16. The Kier molecular flexibility index (Phi) is 6.71. The standard InChI is InChI=1S/C15H22ClNO2/c1-4-12(5-2)9-17-15(18)10-19-14-7-6-13(16)8-11(14)3/h6-8,12H,4-5,9-10H2,1-3H3,(H,17,18). The van der Waals surface area contributed by atoms with Gasteiger partial charge < -0.3 is 10.1 Å². The predicted octanol–water partition coefficient (Wildman–Crippen LogP) is 3.58. The summed E-state index contributed by atoms with van der Waals surface area (Å²) in [4.78, 5) is 11.7. The average molecular weight is 284 g/mol. The molecule has 0 aliphatic heterocycles.